The zero-order valence-electron chi connectivity index (χ0n) is 14.5. The lowest BCUT2D eigenvalue weighted by Gasteiger charge is -2.09. The highest BCUT2D eigenvalue weighted by Crippen LogP contribution is 2.26. The van der Waals surface area contributed by atoms with Crippen molar-refractivity contribution in [3.63, 3.8) is 0 Å². The van der Waals surface area contributed by atoms with Crippen LogP contribution < -0.4 is 5.32 Å². The molecule has 0 aliphatic rings. The van der Waals surface area contributed by atoms with E-state index in [-0.39, 0.29) is 17.4 Å². The maximum Gasteiger partial charge on any atom is 0.235 e. The molecule has 6 nitrogen and oxygen atoms in total. The number of anilines is 1. The minimum atomic E-state index is -0.640. The summed E-state index contributed by atoms with van der Waals surface area (Å²) >= 11 is 1.39. The van der Waals surface area contributed by atoms with Gasteiger partial charge in [-0.15, -0.1) is 11.8 Å². The molecule has 0 aliphatic heterocycles. The van der Waals surface area contributed by atoms with Gasteiger partial charge in [-0.05, 0) is 18.2 Å². The van der Waals surface area contributed by atoms with Crippen LogP contribution in [0.5, 0.6) is 0 Å². The number of methoxy groups -OCH3 is 1. The number of carbonyl (C=O) groups excluding carboxylic acids is 1. The third-order valence-electron chi connectivity index (χ3n) is 3.29. The second kappa shape index (κ2) is 9.00. The Labute approximate surface area is 155 Å². The molecular weight excluding hydrogens is 355 g/mol. The van der Waals surface area contributed by atoms with Crippen LogP contribution in [0.4, 0.5) is 10.2 Å². The topological polar surface area (TPSA) is 69.0 Å². The molecule has 2 aromatic heterocycles. The SMILES string of the molecule is C=C(F)/C=C(\C(=C)OC)c1cc(NC(=O)CSc2ccncc2)nn1C. The van der Waals surface area contributed by atoms with Crippen molar-refractivity contribution in [2.75, 3.05) is 18.2 Å². The molecule has 1 N–H and O–H groups in total. The summed E-state index contributed by atoms with van der Waals surface area (Å²) in [6, 6.07) is 5.27. The fourth-order valence-electron chi connectivity index (χ4n) is 2.11. The fraction of sp³-hybridized carbons (Fsp3) is 0.167. The number of halogens is 1. The Hall–Kier alpha value is -2.87. The number of hydrogen-bond acceptors (Lipinski definition) is 5. The molecule has 2 rings (SSSR count). The quantitative estimate of drug-likeness (QED) is 0.435. The van der Waals surface area contributed by atoms with Crippen molar-refractivity contribution in [2.24, 2.45) is 7.05 Å². The van der Waals surface area contributed by atoms with E-state index < -0.39 is 5.83 Å². The monoisotopic (exact) mass is 374 g/mol. The number of nitrogens with zero attached hydrogens (tertiary/aromatic N) is 3. The Bertz CT molecular complexity index is 846. The van der Waals surface area contributed by atoms with Crippen LogP contribution in [0.1, 0.15) is 5.69 Å². The number of amides is 1. The third kappa shape index (κ3) is 5.32. The lowest BCUT2D eigenvalue weighted by Crippen LogP contribution is -2.14. The van der Waals surface area contributed by atoms with E-state index in [4.69, 9.17) is 4.74 Å². The summed E-state index contributed by atoms with van der Waals surface area (Å²) in [5.74, 6) is -0.00811. The largest absolute Gasteiger partial charge is 0.497 e. The lowest BCUT2D eigenvalue weighted by molar-refractivity contribution is -0.113. The van der Waals surface area contributed by atoms with Gasteiger partial charge in [0.2, 0.25) is 5.91 Å². The van der Waals surface area contributed by atoms with Gasteiger partial charge >= 0.3 is 0 Å². The van der Waals surface area contributed by atoms with Gasteiger partial charge in [0.1, 0.15) is 11.6 Å². The Balaban J connectivity index is 2.10. The summed E-state index contributed by atoms with van der Waals surface area (Å²) in [4.78, 5) is 17.0. The molecule has 1 amide bonds. The van der Waals surface area contributed by atoms with Gasteiger partial charge in [0, 0.05) is 36.0 Å². The average Bonchev–Trinajstić information content (AvgIpc) is 2.97. The van der Waals surface area contributed by atoms with Crippen LogP contribution in [-0.2, 0) is 16.6 Å². The van der Waals surface area contributed by atoms with E-state index >= 15 is 0 Å². The van der Waals surface area contributed by atoms with E-state index in [1.165, 1.54) is 29.6 Å². The highest BCUT2D eigenvalue weighted by atomic mass is 32.2. The van der Waals surface area contributed by atoms with E-state index in [0.29, 0.717) is 17.1 Å². The molecule has 0 saturated heterocycles. The molecule has 0 atom stereocenters. The Morgan fingerprint density at radius 3 is 2.73 bits per heavy atom. The van der Waals surface area contributed by atoms with Gasteiger partial charge in [0.05, 0.1) is 18.6 Å². The predicted octanol–water partition coefficient (Wildman–Crippen LogP) is 3.57. The lowest BCUT2D eigenvalue weighted by atomic mass is 10.1. The van der Waals surface area contributed by atoms with Crippen LogP contribution in [-0.4, -0.2) is 33.5 Å². The van der Waals surface area contributed by atoms with E-state index in [2.05, 4.69) is 28.6 Å². The first-order valence-corrected chi connectivity index (χ1v) is 8.55. The Morgan fingerprint density at radius 2 is 2.12 bits per heavy atom. The van der Waals surface area contributed by atoms with Gasteiger partial charge in [-0.1, -0.05) is 13.2 Å². The molecule has 8 heteroatoms. The molecule has 0 aliphatic carbocycles. The summed E-state index contributed by atoms with van der Waals surface area (Å²) in [6.45, 7) is 6.97. The van der Waals surface area contributed by atoms with Crippen LogP contribution in [0.3, 0.4) is 0 Å². The third-order valence-corrected chi connectivity index (χ3v) is 4.30. The van der Waals surface area contributed by atoms with Crippen molar-refractivity contribution in [3.05, 3.63) is 67.1 Å². The van der Waals surface area contributed by atoms with Crippen LogP contribution in [0.15, 0.2) is 66.3 Å². The van der Waals surface area contributed by atoms with Crippen molar-refractivity contribution < 1.29 is 13.9 Å². The maximum atomic E-state index is 13.3. The normalized spacial score (nSPS) is 11.1. The number of aromatic nitrogens is 3. The smallest absolute Gasteiger partial charge is 0.235 e. The molecule has 136 valence electrons. The molecule has 2 heterocycles. The van der Waals surface area contributed by atoms with E-state index in [9.17, 15) is 9.18 Å². The van der Waals surface area contributed by atoms with Crippen LogP contribution in [0, 0.1) is 0 Å². The molecule has 0 aromatic carbocycles. The first-order valence-electron chi connectivity index (χ1n) is 7.57. The fourth-order valence-corrected chi connectivity index (χ4v) is 2.79. The van der Waals surface area contributed by atoms with Gasteiger partial charge in [0.25, 0.3) is 0 Å². The van der Waals surface area contributed by atoms with E-state index in [0.717, 1.165) is 4.90 Å². The molecule has 2 aromatic rings. The van der Waals surface area contributed by atoms with Crippen molar-refractivity contribution >= 4 is 29.1 Å². The first-order chi connectivity index (χ1) is 12.4. The van der Waals surface area contributed by atoms with Gasteiger partial charge < -0.3 is 10.1 Å². The number of nitrogens with one attached hydrogen (secondary N) is 1. The van der Waals surface area contributed by atoms with Gasteiger partial charge in [-0.25, -0.2) is 4.39 Å². The summed E-state index contributed by atoms with van der Waals surface area (Å²) in [6.07, 6.45) is 4.54. The van der Waals surface area contributed by atoms with Gasteiger partial charge in [-0.2, -0.15) is 5.10 Å². The molecule has 0 radical (unpaired) electrons. The molecule has 0 bridgehead atoms. The van der Waals surface area contributed by atoms with Crippen molar-refractivity contribution in [3.8, 4) is 0 Å². The summed E-state index contributed by atoms with van der Waals surface area (Å²) in [7, 11) is 3.11. The second-order valence-electron chi connectivity index (χ2n) is 5.19. The zero-order chi connectivity index (χ0) is 19.1. The molecule has 0 saturated carbocycles. The molecular formula is C18H19FN4O2S. The van der Waals surface area contributed by atoms with Crippen molar-refractivity contribution in [2.45, 2.75) is 4.90 Å². The Kier molecular flexibility index (Phi) is 6.74. The average molecular weight is 374 g/mol. The van der Waals surface area contributed by atoms with Crippen molar-refractivity contribution in [1.82, 2.24) is 14.8 Å². The van der Waals surface area contributed by atoms with Crippen LogP contribution in [0.25, 0.3) is 5.57 Å². The maximum absolute atomic E-state index is 13.3. The molecule has 0 unspecified atom stereocenters. The number of rotatable bonds is 8. The number of allylic oxidation sites excluding steroid dienone is 3. The minimum absolute atomic E-state index is 0.206. The van der Waals surface area contributed by atoms with Crippen LogP contribution >= 0.6 is 11.8 Å². The highest BCUT2D eigenvalue weighted by Gasteiger charge is 2.15. The van der Waals surface area contributed by atoms with E-state index in [1.54, 1.807) is 25.5 Å². The highest BCUT2D eigenvalue weighted by molar-refractivity contribution is 8.00. The second-order valence-corrected chi connectivity index (χ2v) is 6.24. The number of hydrogen-bond donors (Lipinski definition) is 1. The number of thioether (sulfide) groups is 1. The number of carbonyl (C=O) groups is 1. The van der Waals surface area contributed by atoms with Crippen LogP contribution in [0.2, 0.25) is 0 Å². The summed E-state index contributed by atoms with van der Waals surface area (Å²) < 4.78 is 19.9. The standard InChI is InChI=1S/C18H19FN4O2S/c1-12(19)9-15(13(2)25-4)16-10-17(22-23(16)3)21-18(24)11-26-14-5-7-20-8-6-14/h5-10H,1-2,11H2,3-4H3,(H,21,22,24)/b15-9+. The Morgan fingerprint density at radius 1 is 1.42 bits per heavy atom. The zero-order valence-corrected chi connectivity index (χ0v) is 15.3. The molecule has 26 heavy (non-hydrogen) atoms. The number of pyridine rings is 1. The summed E-state index contributed by atoms with van der Waals surface area (Å²) in [5, 5.41) is 6.94. The van der Waals surface area contributed by atoms with Crippen molar-refractivity contribution in [1.29, 1.82) is 0 Å². The van der Waals surface area contributed by atoms with E-state index in [1.807, 2.05) is 12.1 Å². The number of aryl methyl sites for hydroxylation is 1. The van der Waals surface area contributed by atoms with Gasteiger partial charge in [-0.3, -0.25) is 14.5 Å². The molecule has 0 spiro atoms. The summed E-state index contributed by atoms with van der Waals surface area (Å²) in [5.41, 5.74) is 0.925. The number of ether oxygens (including phenoxy) is 1. The first kappa shape index (κ1) is 19.5. The predicted molar refractivity (Wildman–Crippen MR) is 101 cm³/mol. The molecule has 0 fully saturated rings. The van der Waals surface area contributed by atoms with Gasteiger partial charge in [0.15, 0.2) is 5.82 Å². The minimum Gasteiger partial charge on any atom is -0.497 e.